The quantitative estimate of drug-likeness (QED) is 0.579. The number of nitrogens with zero attached hydrogens (tertiary/aromatic N) is 1. The highest BCUT2D eigenvalue weighted by Crippen LogP contribution is 2.30. The predicted molar refractivity (Wildman–Crippen MR) is 116 cm³/mol. The molecule has 0 aliphatic rings. The standard InChI is InChI=1S/C25H30N2O/c1-18(2)13-20-7-4-5-9-24(20)22-14-19(3)15-23(16-22)28-12-10-25-21(17-26)8-6-11-27-25/h4-9,11,14-16,18H,10,12-13,17,26H2,1-3H3. The van der Waals surface area contributed by atoms with Gasteiger partial charge in [0.25, 0.3) is 0 Å². The van der Waals surface area contributed by atoms with E-state index in [0.717, 1.165) is 29.8 Å². The molecule has 0 radical (unpaired) electrons. The minimum atomic E-state index is 0.504. The molecule has 2 N–H and O–H groups in total. The van der Waals surface area contributed by atoms with E-state index >= 15 is 0 Å². The number of pyridine rings is 1. The van der Waals surface area contributed by atoms with Crippen LogP contribution >= 0.6 is 0 Å². The molecule has 0 unspecified atom stereocenters. The second-order valence-electron chi connectivity index (χ2n) is 7.70. The Hall–Kier alpha value is -2.65. The van der Waals surface area contributed by atoms with Gasteiger partial charge < -0.3 is 10.5 Å². The van der Waals surface area contributed by atoms with E-state index in [1.54, 1.807) is 0 Å². The fraction of sp³-hybridized carbons (Fsp3) is 0.320. The van der Waals surface area contributed by atoms with Crippen LogP contribution in [0.1, 0.15) is 36.2 Å². The number of aryl methyl sites for hydroxylation is 1. The summed E-state index contributed by atoms with van der Waals surface area (Å²) in [5.41, 5.74) is 13.0. The van der Waals surface area contributed by atoms with E-state index in [2.05, 4.69) is 68.2 Å². The number of hydrogen-bond donors (Lipinski definition) is 1. The van der Waals surface area contributed by atoms with Gasteiger partial charge in [0.15, 0.2) is 0 Å². The van der Waals surface area contributed by atoms with Gasteiger partial charge in [-0.15, -0.1) is 0 Å². The van der Waals surface area contributed by atoms with Crippen molar-refractivity contribution in [3.8, 4) is 16.9 Å². The maximum Gasteiger partial charge on any atom is 0.120 e. The first kappa shape index (κ1) is 20.1. The first-order valence-corrected chi connectivity index (χ1v) is 10.0. The summed E-state index contributed by atoms with van der Waals surface area (Å²) >= 11 is 0. The van der Waals surface area contributed by atoms with Gasteiger partial charge in [-0.1, -0.05) is 50.2 Å². The lowest BCUT2D eigenvalue weighted by atomic mass is 9.93. The average molecular weight is 375 g/mol. The van der Waals surface area contributed by atoms with Crippen LogP contribution in [0, 0.1) is 12.8 Å². The van der Waals surface area contributed by atoms with Gasteiger partial charge in [0.2, 0.25) is 0 Å². The van der Waals surface area contributed by atoms with Crippen LogP contribution in [-0.4, -0.2) is 11.6 Å². The number of benzene rings is 2. The Morgan fingerprint density at radius 2 is 1.79 bits per heavy atom. The zero-order valence-corrected chi connectivity index (χ0v) is 17.1. The molecule has 0 aliphatic heterocycles. The second kappa shape index (κ2) is 9.52. The van der Waals surface area contributed by atoms with Crippen LogP contribution in [0.2, 0.25) is 0 Å². The van der Waals surface area contributed by atoms with E-state index < -0.39 is 0 Å². The molecule has 1 aromatic heterocycles. The van der Waals surface area contributed by atoms with Crippen molar-refractivity contribution in [1.82, 2.24) is 4.98 Å². The Balaban J connectivity index is 1.77. The summed E-state index contributed by atoms with van der Waals surface area (Å²) < 4.78 is 6.09. The molecule has 0 saturated heterocycles. The maximum absolute atomic E-state index is 6.09. The molecule has 0 aliphatic carbocycles. The van der Waals surface area contributed by atoms with Gasteiger partial charge >= 0.3 is 0 Å². The summed E-state index contributed by atoms with van der Waals surface area (Å²) in [6.45, 7) is 7.72. The largest absolute Gasteiger partial charge is 0.493 e. The molecule has 3 nitrogen and oxygen atoms in total. The fourth-order valence-corrected chi connectivity index (χ4v) is 3.55. The van der Waals surface area contributed by atoms with Crippen LogP contribution in [0.3, 0.4) is 0 Å². The summed E-state index contributed by atoms with van der Waals surface area (Å²) in [6, 6.07) is 19.1. The molecule has 3 rings (SSSR count). The zero-order valence-electron chi connectivity index (χ0n) is 17.1. The molecule has 0 atom stereocenters. The van der Waals surface area contributed by atoms with Gasteiger partial charge in [-0.3, -0.25) is 4.98 Å². The molecule has 0 amide bonds. The van der Waals surface area contributed by atoms with Gasteiger partial charge in [-0.05, 0) is 65.3 Å². The molecule has 3 heteroatoms. The predicted octanol–water partition coefficient (Wildman–Crippen LogP) is 5.34. The molecule has 2 aromatic carbocycles. The average Bonchev–Trinajstić information content (AvgIpc) is 2.68. The molecule has 3 aromatic rings. The van der Waals surface area contributed by atoms with Crippen molar-refractivity contribution in [2.45, 2.75) is 40.2 Å². The van der Waals surface area contributed by atoms with Crippen LogP contribution in [0.15, 0.2) is 60.8 Å². The number of nitrogens with two attached hydrogens (primary N) is 1. The van der Waals surface area contributed by atoms with Crippen LogP contribution in [0.4, 0.5) is 0 Å². The van der Waals surface area contributed by atoms with Gasteiger partial charge in [0.1, 0.15) is 5.75 Å². The molecule has 28 heavy (non-hydrogen) atoms. The van der Waals surface area contributed by atoms with E-state index in [-0.39, 0.29) is 0 Å². The number of ether oxygens (including phenoxy) is 1. The van der Waals surface area contributed by atoms with Crippen LogP contribution in [0.25, 0.3) is 11.1 Å². The molecular formula is C25H30N2O. The van der Waals surface area contributed by atoms with Crippen molar-refractivity contribution >= 4 is 0 Å². The lowest BCUT2D eigenvalue weighted by Crippen LogP contribution is -2.08. The molecule has 0 bridgehead atoms. The monoisotopic (exact) mass is 374 g/mol. The Labute approximate surface area is 168 Å². The number of rotatable bonds is 8. The van der Waals surface area contributed by atoms with Crippen LogP contribution in [0.5, 0.6) is 5.75 Å². The summed E-state index contributed by atoms with van der Waals surface area (Å²) in [6.07, 6.45) is 3.63. The topological polar surface area (TPSA) is 48.1 Å². The van der Waals surface area contributed by atoms with Gasteiger partial charge in [0.05, 0.1) is 6.61 Å². The van der Waals surface area contributed by atoms with Crippen molar-refractivity contribution in [3.63, 3.8) is 0 Å². The van der Waals surface area contributed by atoms with Crippen molar-refractivity contribution < 1.29 is 4.74 Å². The zero-order chi connectivity index (χ0) is 19.9. The molecule has 146 valence electrons. The Bertz CT molecular complexity index is 918. The summed E-state index contributed by atoms with van der Waals surface area (Å²) in [7, 11) is 0. The highest BCUT2D eigenvalue weighted by Gasteiger charge is 2.09. The Morgan fingerprint density at radius 1 is 1.00 bits per heavy atom. The van der Waals surface area contributed by atoms with E-state index in [9.17, 15) is 0 Å². The summed E-state index contributed by atoms with van der Waals surface area (Å²) in [4.78, 5) is 4.44. The Morgan fingerprint density at radius 3 is 2.57 bits per heavy atom. The minimum Gasteiger partial charge on any atom is -0.493 e. The number of aromatic nitrogens is 1. The second-order valence-corrected chi connectivity index (χ2v) is 7.70. The van der Waals surface area contributed by atoms with Crippen molar-refractivity contribution in [3.05, 3.63) is 83.2 Å². The molecule has 0 fully saturated rings. The van der Waals surface area contributed by atoms with Gasteiger partial charge in [-0.25, -0.2) is 0 Å². The van der Waals surface area contributed by atoms with Crippen molar-refractivity contribution in [2.24, 2.45) is 11.7 Å². The van der Waals surface area contributed by atoms with E-state index in [1.165, 1.54) is 22.3 Å². The third-order valence-electron chi connectivity index (χ3n) is 4.82. The summed E-state index contributed by atoms with van der Waals surface area (Å²) in [5.74, 6) is 1.52. The summed E-state index contributed by atoms with van der Waals surface area (Å²) in [5, 5.41) is 0. The fourth-order valence-electron chi connectivity index (χ4n) is 3.55. The molecule has 0 saturated carbocycles. The smallest absolute Gasteiger partial charge is 0.120 e. The molecule has 1 heterocycles. The maximum atomic E-state index is 6.09. The van der Waals surface area contributed by atoms with E-state index in [1.807, 2.05) is 18.3 Å². The van der Waals surface area contributed by atoms with Crippen LogP contribution in [-0.2, 0) is 19.4 Å². The molecular weight excluding hydrogens is 344 g/mol. The molecule has 0 spiro atoms. The number of hydrogen-bond acceptors (Lipinski definition) is 3. The first-order valence-electron chi connectivity index (χ1n) is 10.0. The van der Waals surface area contributed by atoms with E-state index in [4.69, 9.17) is 10.5 Å². The SMILES string of the molecule is Cc1cc(OCCc2ncccc2CN)cc(-c2ccccc2CC(C)C)c1. The lowest BCUT2D eigenvalue weighted by Gasteiger charge is -2.14. The van der Waals surface area contributed by atoms with E-state index in [0.29, 0.717) is 19.1 Å². The Kier molecular flexibility index (Phi) is 6.83. The minimum absolute atomic E-state index is 0.504. The highest BCUT2D eigenvalue weighted by molar-refractivity contribution is 5.69. The first-order chi connectivity index (χ1) is 13.6. The lowest BCUT2D eigenvalue weighted by molar-refractivity contribution is 0.320. The van der Waals surface area contributed by atoms with Crippen molar-refractivity contribution in [2.75, 3.05) is 6.61 Å². The van der Waals surface area contributed by atoms with Crippen molar-refractivity contribution in [1.29, 1.82) is 0 Å². The van der Waals surface area contributed by atoms with Gasteiger partial charge in [0, 0.05) is 24.9 Å². The van der Waals surface area contributed by atoms with Crippen LogP contribution < -0.4 is 10.5 Å². The highest BCUT2D eigenvalue weighted by atomic mass is 16.5. The normalized spacial score (nSPS) is 11.0. The third kappa shape index (κ3) is 5.20. The third-order valence-corrected chi connectivity index (χ3v) is 4.82. The van der Waals surface area contributed by atoms with Gasteiger partial charge in [-0.2, -0.15) is 0 Å².